The Bertz CT molecular complexity index is 723. The molecule has 25 heavy (non-hydrogen) atoms. The van der Waals surface area contributed by atoms with Gasteiger partial charge in [-0.15, -0.1) is 0 Å². The first-order valence-electron chi connectivity index (χ1n) is 7.92. The minimum absolute atomic E-state index is 0.144. The zero-order valence-corrected chi connectivity index (χ0v) is 14.3. The summed E-state index contributed by atoms with van der Waals surface area (Å²) in [7, 11) is 1.57. The summed E-state index contributed by atoms with van der Waals surface area (Å²) in [6, 6.07) is 15.9. The van der Waals surface area contributed by atoms with E-state index in [-0.39, 0.29) is 18.4 Å². The van der Waals surface area contributed by atoms with Crippen molar-refractivity contribution in [3.63, 3.8) is 0 Å². The molecular formula is C20H21NO4. The minimum Gasteiger partial charge on any atom is -0.497 e. The van der Waals surface area contributed by atoms with Crippen molar-refractivity contribution in [1.29, 1.82) is 0 Å². The number of methoxy groups -OCH3 is 1. The molecule has 0 aliphatic heterocycles. The lowest BCUT2D eigenvalue weighted by atomic mass is 10.1. The smallest absolute Gasteiger partial charge is 0.407 e. The molecule has 1 N–H and O–H groups in total. The zero-order valence-electron chi connectivity index (χ0n) is 14.3. The standard InChI is InChI=1S/C20H21NO4/c1-15(21-20(23)25-14-16-6-4-3-5-7-16)8-13-19(22)17-9-11-18(24-2)12-10-17/h3-13,15H,14H2,1-2H3,(H,21,23)/b13-8+/t15-/m1/s1. The number of benzene rings is 2. The molecule has 1 amide bonds. The van der Waals surface area contributed by atoms with E-state index in [1.54, 1.807) is 44.4 Å². The van der Waals surface area contributed by atoms with E-state index < -0.39 is 6.09 Å². The van der Waals surface area contributed by atoms with Crippen LogP contribution in [0.5, 0.6) is 5.75 Å². The number of nitrogens with one attached hydrogen (secondary N) is 1. The highest BCUT2D eigenvalue weighted by Crippen LogP contribution is 2.12. The van der Waals surface area contributed by atoms with Crippen LogP contribution in [0.25, 0.3) is 0 Å². The number of rotatable bonds is 7. The molecule has 0 fully saturated rings. The molecule has 0 unspecified atom stereocenters. The fraction of sp³-hybridized carbons (Fsp3) is 0.200. The molecule has 0 saturated carbocycles. The maximum absolute atomic E-state index is 12.1. The van der Waals surface area contributed by atoms with E-state index in [0.29, 0.717) is 11.3 Å². The average Bonchev–Trinajstić information content (AvgIpc) is 2.65. The van der Waals surface area contributed by atoms with Crippen LogP contribution >= 0.6 is 0 Å². The van der Waals surface area contributed by atoms with Gasteiger partial charge in [0.05, 0.1) is 7.11 Å². The number of hydrogen-bond donors (Lipinski definition) is 1. The van der Waals surface area contributed by atoms with Crippen molar-refractivity contribution < 1.29 is 19.1 Å². The molecule has 2 aromatic carbocycles. The van der Waals surface area contributed by atoms with Crippen molar-refractivity contribution >= 4 is 11.9 Å². The van der Waals surface area contributed by atoms with Gasteiger partial charge in [0.2, 0.25) is 0 Å². The maximum Gasteiger partial charge on any atom is 0.407 e. The maximum atomic E-state index is 12.1. The van der Waals surface area contributed by atoms with Crippen LogP contribution in [-0.4, -0.2) is 25.0 Å². The summed E-state index contributed by atoms with van der Waals surface area (Å²) in [5.41, 5.74) is 1.46. The van der Waals surface area contributed by atoms with Gasteiger partial charge < -0.3 is 14.8 Å². The highest BCUT2D eigenvalue weighted by atomic mass is 16.5. The summed E-state index contributed by atoms with van der Waals surface area (Å²) in [6.07, 6.45) is 2.53. The van der Waals surface area contributed by atoms with Crippen LogP contribution in [0, 0.1) is 0 Å². The third kappa shape index (κ3) is 6.14. The Balaban J connectivity index is 1.79. The van der Waals surface area contributed by atoms with Gasteiger partial charge in [0.1, 0.15) is 12.4 Å². The lowest BCUT2D eigenvalue weighted by molar-refractivity contribution is 0.104. The van der Waals surface area contributed by atoms with E-state index in [9.17, 15) is 9.59 Å². The topological polar surface area (TPSA) is 64.6 Å². The van der Waals surface area contributed by atoms with Crippen LogP contribution in [-0.2, 0) is 11.3 Å². The normalized spacial score (nSPS) is 11.8. The Hall–Kier alpha value is -3.08. The van der Waals surface area contributed by atoms with Gasteiger partial charge in [-0.1, -0.05) is 36.4 Å². The van der Waals surface area contributed by atoms with Gasteiger partial charge in [-0.2, -0.15) is 0 Å². The van der Waals surface area contributed by atoms with Gasteiger partial charge in [-0.25, -0.2) is 4.79 Å². The van der Waals surface area contributed by atoms with E-state index in [4.69, 9.17) is 9.47 Å². The molecule has 0 aromatic heterocycles. The second kappa shape index (κ2) is 9.27. The summed E-state index contributed by atoms with van der Waals surface area (Å²) in [6.45, 7) is 1.97. The van der Waals surface area contributed by atoms with Crippen molar-refractivity contribution in [2.45, 2.75) is 19.6 Å². The van der Waals surface area contributed by atoms with Crippen molar-refractivity contribution in [1.82, 2.24) is 5.32 Å². The molecule has 1 atom stereocenters. The van der Waals surface area contributed by atoms with E-state index in [1.165, 1.54) is 6.08 Å². The predicted octanol–water partition coefficient (Wildman–Crippen LogP) is 3.75. The van der Waals surface area contributed by atoms with Gasteiger partial charge in [0.25, 0.3) is 0 Å². The third-order valence-electron chi connectivity index (χ3n) is 3.47. The van der Waals surface area contributed by atoms with E-state index in [2.05, 4.69) is 5.32 Å². The summed E-state index contributed by atoms with van der Waals surface area (Å²) in [5.74, 6) is 0.547. The molecule has 0 aliphatic carbocycles. The molecule has 0 radical (unpaired) electrons. The number of allylic oxidation sites excluding steroid dienone is 1. The van der Waals surface area contributed by atoms with Gasteiger partial charge in [-0.05, 0) is 42.8 Å². The zero-order chi connectivity index (χ0) is 18.1. The van der Waals surface area contributed by atoms with E-state index >= 15 is 0 Å². The first-order chi connectivity index (χ1) is 12.1. The Labute approximate surface area is 147 Å². The Kier molecular flexibility index (Phi) is 6.77. The van der Waals surface area contributed by atoms with E-state index in [1.807, 2.05) is 30.3 Å². The van der Waals surface area contributed by atoms with Gasteiger partial charge >= 0.3 is 6.09 Å². The Morgan fingerprint density at radius 3 is 2.40 bits per heavy atom. The summed E-state index contributed by atoms with van der Waals surface area (Å²) < 4.78 is 10.2. The number of ether oxygens (including phenoxy) is 2. The third-order valence-corrected chi connectivity index (χ3v) is 3.47. The van der Waals surface area contributed by atoms with Gasteiger partial charge in [0, 0.05) is 11.6 Å². The Morgan fingerprint density at radius 2 is 1.76 bits per heavy atom. The van der Waals surface area contributed by atoms with Crippen LogP contribution in [0.3, 0.4) is 0 Å². The SMILES string of the molecule is COc1ccc(C(=O)/C=C/[C@@H](C)NC(=O)OCc2ccccc2)cc1. The van der Waals surface area contributed by atoms with Crippen molar-refractivity contribution in [3.8, 4) is 5.75 Å². The first kappa shape index (κ1) is 18.3. The molecule has 0 saturated heterocycles. The molecule has 0 heterocycles. The van der Waals surface area contributed by atoms with Crippen molar-refractivity contribution in [2.75, 3.05) is 7.11 Å². The predicted molar refractivity (Wildman–Crippen MR) is 95.7 cm³/mol. The first-order valence-corrected chi connectivity index (χ1v) is 7.92. The average molecular weight is 339 g/mol. The molecule has 0 aliphatic rings. The van der Waals surface area contributed by atoms with Crippen LogP contribution in [0.4, 0.5) is 4.79 Å². The largest absolute Gasteiger partial charge is 0.497 e. The van der Waals surface area contributed by atoms with Crippen LogP contribution in [0.2, 0.25) is 0 Å². The molecule has 0 bridgehead atoms. The summed E-state index contributed by atoms with van der Waals surface area (Å²) >= 11 is 0. The van der Waals surface area contributed by atoms with Gasteiger partial charge in [-0.3, -0.25) is 4.79 Å². The quantitative estimate of drug-likeness (QED) is 0.616. The fourth-order valence-electron chi connectivity index (χ4n) is 2.08. The number of ketones is 1. The van der Waals surface area contributed by atoms with Crippen molar-refractivity contribution in [3.05, 3.63) is 77.9 Å². The monoisotopic (exact) mass is 339 g/mol. The fourth-order valence-corrected chi connectivity index (χ4v) is 2.08. The van der Waals surface area contributed by atoms with Crippen molar-refractivity contribution in [2.24, 2.45) is 0 Å². The summed E-state index contributed by atoms with van der Waals surface area (Å²) in [4.78, 5) is 23.8. The number of amides is 1. The Morgan fingerprint density at radius 1 is 1.08 bits per heavy atom. The van der Waals surface area contributed by atoms with E-state index in [0.717, 1.165) is 5.56 Å². The molecule has 2 rings (SSSR count). The molecule has 0 spiro atoms. The lowest BCUT2D eigenvalue weighted by Gasteiger charge is -2.10. The second-order valence-corrected chi connectivity index (χ2v) is 5.45. The second-order valence-electron chi connectivity index (χ2n) is 5.45. The molecule has 2 aromatic rings. The minimum atomic E-state index is -0.530. The highest BCUT2D eigenvalue weighted by Gasteiger charge is 2.07. The summed E-state index contributed by atoms with van der Waals surface area (Å²) in [5, 5.41) is 2.66. The van der Waals surface area contributed by atoms with Crippen LogP contribution in [0.15, 0.2) is 66.7 Å². The highest BCUT2D eigenvalue weighted by molar-refractivity contribution is 6.04. The lowest BCUT2D eigenvalue weighted by Crippen LogP contribution is -2.31. The van der Waals surface area contributed by atoms with Gasteiger partial charge in [0.15, 0.2) is 5.78 Å². The number of carbonyl (C=O) groups is 2. The molecule has 130 valence electrons. The number of hydrogen-bond acceptors (Lipinski definition) is 4. The molecular weight excluding hydrogens is 318 g/mol. The molecule has 5 nitrogen and oxygen atoms in total. The van der Waals surface area contributed by atoms with Crippen LogP contribution in [0.1, 0.15) is 22.8 Å². The number of alkyl carbamates (subject to hydrolysis) is 1. The molecule has 5 heteroatoms. The number of carbonyl (C=O) groups excluding carboxylic acids is 2. The van der Waals surface area contributed by atoms with Crippen LogP contribution < -0.4 is 10.1 Å².